The summed E-state index contributed by atoms with van der Waals surface area (Å²) in [5.74, 6) is -0.644. The molecule has 1 atom stereocenters. The van der Waals surface area contributed by atoms with Crippen LogP contribution in [-0.2, 0) is 17.3 Å². The molecule has 0 bridgehead atoms. The topological polar surface area (TPSA) is 9.23 Å². The van der Waals surface area contributed by atoms with Gasteiger partial charge in [0.25, 0.3) is 0 Å². The van der Waals surface area contributed by atoms with Crippen LogP contribution in [0.1, 0.15) is 100.0 Å². The van der Waals surface area contributed by atoms with Gasteiger partial charge in [0.1, 0.15) is 11.6 Å². The summed E-state index contributed by atoms with van der Waals surface area (Å²) in [6.45, 7) is 5.52. The largest absolute Gasteiger partial charge is 0.386 e. The van der Waals surface area contributed by atoms with Gasteiger partial charge in [-0.3, -0.25) is 0 Å². The van der Waals surface area contributed by atoms with Crippen molar-refractivity contribution >= 4 is 0 Å². The quantitative estimate of drug-likeness (QED) is 0.347. The minimum absolute atomic E-state index is 0.0328. The second-order valence-electron chi connectivity index (χ2n) is 9.13. The Morgan fingerprint density at radius 2 is 1.66 bits per heavy atom. The molecule has 1 aliphatic rings. The Hall–Kier alpha value is -1.88. The van der Waals surface area contributed by atoms with E-state index in [0.717, 1.165) is 55.2 Å². The lowest BCUT2D eigenvalue weighted by atomic mass is 9.77. The molecular weight excluding hydrogens is 416 g/mol. The molecule has 0 aliphatic heterocycles. The molecule has 0 N–H and O–H groups in total. The summed E-state index contributed by atoms with van der Waals surface area (Å²) in [4.78, 5) is 0. The second-order valence-corrected chi connectivity index (χ2v) is 9.13. The van der Waals surface area contributed by atoms with Gasteiger partial charge in [-0.15, -0.1) is 0 Å². The molecule has 0 amide bonds. The maximum Gasteiger partial charge on any atom is 0.386 e. The summed E-state index contributed by atoms with van der Waals surface area (Å²) in [5, 5.41) is 0. The molecule has 32 heavy (non-hydrogen) atoms. The number of benzene rings is 2. The van der Waals surface area contributed by atoms with E-state index in [-0.39, 0.29) is 11.5 Å². The van der Waals surface area contributed by atoms with Crippen LogP contribution in [0.3, 0.4) is 0 Å². The number of alkyl halides is 2. The van der Waals surface area contributed by atoms with Crippen molar-refractivity contribution in [2.75, 3.05) is 0 Å². The van der Waals surface area contributed by atoms with Crippen LogP contribution in [0.2, 0.25) is 0 Å². The molecule has 1 aliphatic carbocycles. The van der Waals surface area contributed by atoms with Crippen molar-refractivity contribution in [2.45, 2.75) is 90.3 Å². The average molecular weight is 451 g/mol. The lowest BCUT2D eigenvalue weighted by Crippen LogP contribution is -2.23. The van der Waals surface area contributed by atoms with Crippen LogP contribution >= 0.6 is 0 Å². The molecule has 5 heteroatoms. The fraction of sp³-hybridized carbons (Fsp3) is 0.556. The normalized spacial score (nSPS) is 20.3. The van der Waals surface area contributed by atoms with Gasteiger partial charge in [0.2, 0.25) is 0 Å². The van der Waals surface area contributed by atoms with Crippen LogP contribution < -0.4 is 0 Å². The minimum Gasteiger partial charge on any atom is -0.308 e. The minimum atomic E-state index is -3.87. The zero-order chi connectivity index (χ0) is 23.3. The fourth-order valence-electron chi connectivity index (χ4n) is 4.91. The predicted molar refractivity (Wildman–Crippen MR) is 120 cm³/mol. The van der Waals surface area contributed by atoms with Crippen LogP contribution in [0.4, 0.5) is 17.6 Å². The average Bonchev–Trinajstić information content (AvgIpc) is 2.74. The highest BCUT2D eigenvalue weighted by Gasteiger charge is 2.39. The maximum atomic E-state index is 14.8. The number of halogens is 4. The summed E-state index contributed by atoms with van der Waals surface area (Å²) in [7, 11) is 0. The van der Waals surface area contributed by atoms with Gasteiger partial charge in [0, 0.05) is 5.56 Å². The van der Waals surface area contributed by atoms with Crippen molar-refractivity contribution in [1.29, 1.82) is 0 Å². The standard InChI is InChI=1S/C27H34F4O/c1-4-6-19-8-11-21(12-9-19)22-13-15-24(26(29)17-22)27(30,31)32-18(3)23-14-10-20(7-5-2)16-25(23)28/h10,13-19,21H,4-9,11-12H2,1-3H3. The first-order chi connectivity index (χ1) is 15.2. The van der Waals surface area contributed by atoms with Crippen molar-refractivity contribution < 1.29 is 22.3 Å². The summed E-state index contributed by atoms with van der Waals surface area (Å²) in [6, 6.07) is 8.46. The summed E-state index contributed by atoms with van der Waals surface area (Å²) in [5.41, 5.74) is 0.793. The van der Waals surface area contributed by atoms with E-state index in [2.05, 4.69) is 6.92 Å². The number of ether oxygens (including phenoxy) is 1. The smallest absolute Gasteiger partial charge is 0.308 e. The number of hydrogen-bond acceptors (Lipinski definition) is 1. The molecule has 0 saturated heterocycles. The van der Waals surface area contributed by atoms with Crippen LogP contribution in [0.25, 0.3) is 0 Å². The lowest BCUT2D eigenvalue weighted by Gasteiger charge is -2.29. The Kier molecular flexibility index (Phi) is 8.37. The fourth-order valence-corrected chi connectivity index (χ4v) is 4.91. The van der Waals surface area contributed by atoms with E-state index in [9.17, 15) is 17.6 Å². The highest BCUT2D eigenvalue weighted by molar-refractivity contribution is 5.30. The number of hydrogen-bond donors (Lipinski definition) is 0. The number of aryl methyl sites for hydroxylation is 1. The van der Waals surface area contributed by atoms with E-state index in [1.807, 2.05) is 6.92 Å². The molecule has 0 heterocycles. The third kappa shape index (κ3) is 5.92. The zero-order valence-corrected chi connectivity index (χ0v) is 19.3. The van der Waals surface area contributed by atoms with Crippen molar-refractivity contribution in [2.24, 2.45) is 5.92 Å². The Morgan fingerprint density at radius 3 is 2.25 bits per heavy atom. The van der Waals surface area contributed by atoms with Gasteiger partial charge in [-0.05, 0) is 80.2 Å². The molecule has 0 radical (unpaired) electrons. The van der Waals surface area contributed by atoms with Crippen molar-refractivity contribution in [3.05, 3.63) is 70.3 Å². The molecule has 1 saturated carbocycles. The molecule has 1 unspecified atom stereocenters. The Bertz CT molecular complexity index is 887. The molecule has 176 valence electrons. The van der Waals surface area contributed by atoms with Crippen LogP contribution in [0.15, 0.2) is 36.4 Å². The SMILES string of the molecule is CCCc1ccc(C(C)OC(F)(F)c2ccc(C3CCC(CCC)CC3)cc2F)c(F)c1. The molecule has 0 aromatic heterocycles. The van der Waals surface area contributed by atoms with Crippen molar-refractivity contribution in [3.8, 4) is 0 Å². The highest BCUT2D eigenvalue weighted by atomic mass is 19.3. The zero-order valence-electron chi connectivity index (χ0n) is 19.3. The van der Waals surface area contributed by atoms with E-state index in [4.69, 9.17) is 4.74 Å². The van der Waals surface area contributed by atoms with E-state index in [0.29, 0.717) is 6.42 Å². The molecule has 0 spiro atoms. The summed E-state index contributed by atoms with van der Waals surface area (Å²) >= 11 is 0. The first-order valence-electron chi connectivity index (χ1n) is 11.9. The third-order valence-corrected chi connectivity index (χ3v) is 6.69. The Morgan fingerprint density at radius 1 is 0.938 bits per heavy atom. The molecule has 3 rings (SSSR count). The summed E-state index contributed by atoms with van der Waals surface area (Å²) in [6.07, 6.45) is 2.97. The van der Waals surface area contributed by atoms with Gasteiger partial charge < -0.3 is 4.74 Å². The van der Waals surface area contributed by atoms with Gasteiger partial charge in [-0.1, -0.05) is 51.3 Å². The van der Waals surface area contributed by atoms with Crippen molar-refractivity contribution in [1.82, 2.24) is 0 Å². The first kappa shape index (κ1) is 24.8. The Labute approximate surface area is 189 Å². The predicted octanol–water partition coefficient (Wildman–Crippen LogP) is 8.82. The Balaban J connectivity index is 1.70. The van der Waals surface area contributed by atoms with Gasteiger partial charge in [-0.2, -0.15) is 8.78 Å². The van der Waals surface area contributed by atoms with E-state index >= 15 is 0 Å². The molecule has 1 nitrogen and oxygen atoms in total. The van der Waals surface area contributed by atoms with Gasteiger partial charge in [0.05, 0.1) is 11.7 Å². The van der Waals surface area contributed by atoms with Gasteiger partial charge in [-0.25, -0.2) is 8.78 Å². The lowest BCUT2D eigenvalue weighted by molar-refractivity contribution is -0.273. The highest BCUT2D eigenvalue weighted by Crippen LogP contribution is 2.41. The van der Waals surface area contributed by atoms with Crippen molar-refractivity contribution in [3.63, 3.8) is 0 Å². The monoisotopic (exact) mass is 450 g/mol. The maximum absolute atomic E-state index is 14.8. The van der Waals surface area contributed by atoms with Crippen LogP contribution in [0.5, 0.6) is 0 Å². The molecule has 1 fully saturated rings. The molecular formula is C27H34F4O. The number of rotatable bonds is 9. The van der Waals surface area contributed by atoms with E-state index in [1.165, 1.54) is 38.0 Å². The van der Waals surface area contributed by atoms with E-state index in [1.54, 1.807) is 12.1 Å². The second kappa shape index (κ2) is 10.8. The van der Waals surface area contributed by atoms with E-state index < -0.39 is 29.4 Å². The molecule has 2 aromatic rings. The molecule has 2 aromatic carbocycles. The van der Waals surface area contributed by atoms with Gasteiger partial charge in [0.15, 0.2) is 0 Å². The summed E-state index contributed by atoms with van der Waals surface area (Å²) < 4.78 is 63.7. The van der Waals surface area contributed by atoms with Crippen LogP contribution in [-0.4, -0.2) is 0 Å². The van der Waals surface area contributed by atoms with Gasteiger partial charge >= 0.3 is 6.11 Å². The third-order valence-electron chi connectivity index (χ3n) is 6.69. The first-order valence-corrected chi connectivity index (χ1v) is 11.9. The van der Waals surface area contributed by atoms with Crippen LogP contribution in [0, 0.1) is 17.6 Å².